The summed E-state index contributed by atoms with van der Waals surface area (Å²) in [5.74, 6) is 1.51. The van der Waals surface area contributed by atoms with Gasteiger partial charge in [0.1, 0.15) is 51.6 Å². The van der Waals surface area contributed by atoms with Crippen LogP contribution in [0.4, 0.5) is 11.4 Å². The van der Waals surface area contributed by atoms with E-state index in [1.165, 1.54) is 17.5 Å². The van der Waals surface area contributed by atoms with Crippen LogP contribution in [0.3, 0.4) is 0 Å². The summed E-state index contributed by atoms with van der Waals surface area (Å²) in [5.41, 5.74) is 19.2. The van der Waals surface area contributed by atoms with Crippen molar-refractivity contribution in [2.75, 3.05) is 24.0 Å². The van der Waals surface area contributed by atoms with Crippen molar-refractivity contribution in [3.8, 4) is 17.4 Å². The van der Waals surface area contributed by atoms with Gasteiger partial charge in [0, 0.05) is 30.0 Å². The standard InChI is InChI=1S/C14H14N4O.C9H11N3S.C8H9N3S.C6H7NO.2C2H6/c1-2-10-7-8-18-13(10)14(16-9-17-18)19-12-5-3-11(15)4-6-12;1-3-7-4-5-12-8(7)9(13-2)10-6-11-12;1-6-3-4-11-7(6)8(12-2)9-5-10-11;7-5-1-3-6(8)4-2-5;2*1-2/h3-9H,2,15H2,1H3;4-6H,3H2,1-2H3;3-5H,1-2H3;1-4,8H,7H2;2*1-2H3. The smallest absolute Gasteiger partial charge is 0.247 e. The summed E-state index contributed by atoms with van der Waals surface area (Å²) in [6, 6.07) is 19.8. The molecule has 0 bridgehead atoms. The normalized spacial score (nSPS) is 10.0. The zero-order valence-corrected chi connectivity index (χ0v) is 35.2. The van der Waals surface area contributed by atoms with E-state index in [1.807, 2.05) is 92.1 Å². The summed E-state index contributed by atoms with van der Waals surface area (Å²) >= 11 is 3.31. The number of phenolic OH excluding ortho intramolecular Hbond substituents is 1. The highest BCUT2D eigenvalue weighted by atomic mass is 32.2. The highest BCUT2D eigenvalue weighted by molar-refractivity contribution is 7.99. The number of ether oxygens (including phenoxy) is 1. The molecule has 6 heterocycles. The molecule has 0 radical (unpaired) electrons. The van der Waals surface area contributed by atoms with Crippen LogP contribution in [0.25, 0.3) is 16.6 Å². The monoisotopic (exact) mass is 795 g/mol. The Bertz CT molecular complexity index is 2320. The van der Waals surface area contributed by atoms with Crippen LogP contribution in [0, 0.1) is 6.92 Å². The fraction of sp³-hybridized carbons (Fsp3) is 0.268. The second-order valence-electron chi connectivity index (χ2n) is 11.1. The molecule has 0 atom stereocenters. The van der Waals surface area contributed by atoms with Gasteiger partial charge in [0.15, 0.2) is 0 Å². The molecule has 0 spiro atoms. The van der Waals surface area contributed by atoms with Gasteiger partial charge in [0.25, 0.3) is 0 Å². The molecule has 6 aromatic heterocycles. The number of hydrogen-bond donors (Lipinski definition) is 3. The Morgan fingerprint density at radius 1 is 0.589 bits per heavy atom. The molecule has 0 unspecified atom stereocenters. The van der Waals surface area contributed by atoms with Crippen molar-refractivity contribution < 1.29 is 9.84 Å². The first-order valence-electron chi connectivity index (χ1n) is 18.3. The van der Waals surface area contributed by atoms with Gasteiger partial charge in [-0.1, -0.05) is 41.5 Å². The average molecular weight is 796 g/mol. The van der Waals surface area contributed by atoms with Crippen LogP contribution in [0.5, 0.6) is 17.4 Å². The molecule has 8 rings (SSSR count). The zero-order chi connectivity index (χ0) is 41.0. The number of aryl methyl sites for hydroxylation is 3. The van der Waals surface area contributed by atoms with E-state index in [4.69, 9.17) is 21.3 Å². The number of anilines is 2. The lowest BCUT2D eigenvalue weighted by Gasteiger charge is -2.07. The molecular formula is C41H53N11O2S2. The van der Waals surface area contributed by atoms with Crippen molar-refractivity contribution in [1.29, 1.82) is 0 Å². The molecule has 0 aliphatic rings. The molecule has 0 saturated heterocycles. The van der Waals surface area contributed by atoms with Crippen molar-refractivity contribution in [3.05, 3.63) is 121 Å². The number of aromatic hydroxyl groups is 1. The Morgan fingerprint density at radius 3 is 1.52 bits per heavy atom. The van der Waals surface area contributed by atoms with Crippen LogP contribution >= 0.6 is 23.5 Å². The van der Waals surface area contributed by atoms with Crippen molar-refractivity contribution >= 4 is 51.4 Å². The Morgan fingerprint density at radius 2 is 1.02 bits per heavy atom. The Hall–Kier alpha value is -5.80. The molecule has 0 saturated carbocycles. The fourth-order valence-corrected chi connectivity index (χ4v) is 6.29. The lowest BCUT2D eigenvalue weighted by molar-refractivity contribution is 0.463. The largest absolute Gasteiger partial charge is 0.508 e. The third-order valence-corrected chi connectivity index (χ3v) is 9.14. The molecular weight excluding hydrogens is 743 g/mol. The van der Waals surface area contributed by atoms with E-state index in [2.05, 4.69) is 57.1 Å². The second kappa shape index (κ2) is 23.2. The van der Waals surface area contributed by atoms with Crippen LogP contribution in [-0.2, 0) is 12.8 Å². The summed E-state index contributed by atoms with van der Waals surface area (Å²) in [5, 5.41) is 23.2. The SMILES string of the molecule is CC.CC.CCc1ccn2ncnc(Oc3ccc(N)cc3)c12.CCc1ccn2ncnc(SC)c12.CSc1ncnn2ccc(C)c12.Nc1ccc(O)cc1. The van der Waals surface area contributed by atoms with Gasteiger partial charge >= 0.3 is 0 Å². The lowest BCUT2D eigenvalue weighted by atomic mass is 10.2. The summed E-state index contributed by atoms with van der Waals surface area (Å²) < 4.78 is 11.3. The summed E-state index contributed by atoms with van der Waals surface area (Å²) in [7, 11) is 0. The van der Waals surface area contributed by atoms with Crippen LogP contribution in [-0.4, -0.2) is 61.4 Å². The number of benzene rings is 2. The number of nitrogen functional groups attached to an aromatic ring is 2. The highest BCUT2D eigenvalue weighted by Crippen LogP contribution is 2.27. The van der Waals surface area contributed by atoms with Crippen LogP contribution in [0.1, 0.15) is 58.2 Å². The molecule has 0 amide bonds. The van der Waals surface area contributed by atoms with Crippen LogP contribution in [0.15, 0.2) is 114 Å². The Kier molecular flexibility index (Phi) is 18.5. The molecule has 0 aliphatic heterocycles. The van der Waals surface area contributed by atoms with E-state index in [1.54, 1.807) is 77.1 Å². The molecule has 2 aromatic carbocycles. The van der Waals surface area contributed by atoms with E-state index in [0.29, 0.717) is 23.0 Å². The van der Waals surface area contributed by atoms with Crippen molar-refractivity contribution in [2.45, 2.75) is 71.4 Å². The van der Waals surface area contributed by atoms with Crippen LogP contribution < -0.4 is 16.2 Å². The molecule has 5 N–H and O–H groups in total. The molecule has 296 valence electrons. The second-order valence-corrected chi connectivity index (χ2v) is 12.7. The Balaban J connectivity index is 0.000000202. The minimum atomic E-state index is 0.249. The number of aromatic nitrogens is 9. The Labute approximate surface area is 337 Å². The third-order valence-electron chi connectivity index (χ3n) is 7.77. The number of nitrogens with two attached hydrogens (primary N) is 2. The molecule has 0 aliphatic carbocycles. The summed E-state index contributed by atoms with van der Waals surface area (Å²) in [6.07, 6.45) is 16.5. The molecule has 8 aromatic rings. The van der Waals surface area contributed by atoms with Gasteiger partial charge < -0.3 is 21.3 Å². The molecule has 56 heavy (non-hydrogen) atoms. The van der Waals surface area contributed by atoms with Gasteiger partial charge in [0.2, 0.25) is 5.88 Å². The number of fused-ring (bicyclic) bond motifs is 3. The van der Waals surface area contributed by atoms with Crippen molar-refractivity contribution in [3.63, 3.8) is 0 Å². The summed E-state index contributed by atoms with van der Waals surface area (Å²) in [4.78, 5) is 12.6. The van der Waals surface area contributed by atoms with Crippen molar-refractivity contribution in [1.82, 2.24) is 43.8 Å². The van der Waals surface area contributed by atoms with Gasteiger partial charge in [-0.15, -0.1) is 23.5 Å². The maximum atomic E-state index is 8.70. The molecule has 15 heteroatoms. The number of hydrogen-bond acceptors (Lipinski definition) is 12. The quantitative estimate of drug-likeness (QED) is 0.0828. The number of nitrogens with zero attached hydrogens (tertiary/aromatic N) is 9. The topological polar surface area (TPSA) is 172 Å². The fourth-order valence-electron chi connectivity index (χ4n) is 5.12. The minimum Gasteiger partial charge on any atom is -0.508 e. The first kappa shape index (κ1) is 44.6. The minimum absolute atomic E-state index is 0.249. The number of rotatable bonds is 6. The van der Waals surface area contributed by atoms with Gasteiger partial charge in [-0.25, -0.2) is 23.5 Å². The number of thioether (sulfide) groups is 2. The van der Waals surface area contributed by atoms with E-state index in [0.717, 1.165) is 45.0 Å². The third kappa shape index (κ3) is 11.8. The maximum absolute atomic E-state index is 8.70. The zero-order valence-electron chi connectivity index (χ0n) is 33.6. The maximum Gasteiger partial charge on any atom is 0.247 e. The van der Waals surface area contributed by atoms with Crippen LogP contribution in [0.2, 0.25) is 0 Å². The van der Waals surface area contributed by atoms with Crippen molar-refractivity contribution in [2.24, 2.45) is 0 Å². The number of phenols is 1. The van der Waals surface area contributed by atoms with E-state index in [-0.39, 0.29) is 5.75 Å². The van der Waals surface area contributed by atoms with E-state index in [9.17, 15) is 0 Å². The summed E-state index contributed by atoms with van der Waals surface area (Å²) in [6.45, 7) is 14.3. The lowest BCUT2D eigenvalue weighted by Crippen LogP contribution is -1.97. The van der Waals surface area contributed by atoms with E-state index < -0.39 is 0 Å². The van der Waals surface area contributed by atoms with E-state index >= 15 is 0 Å². The first-order valence-corrected chi connectivity index (χ1v) is 20.8. The molecule has 13 nitrogen and oxygen atoms in total. The average Bonchev–Trinajstić information content (AvgIpc) is 3.99. The first-order chi connectivity index (χ1) is 27.3. The highest BCUT2D eigenvalue weighted by Gasteiger charge is 2.11. The van der Waals surface area contributed by atoms with Gasteiger partial charge in [0.05, 0.1) is 5.52 Å². The van der Waals surface area contributed by atoms with Gasteiger partial charge in [-0.05, 0) is 116 Å². The predicted octanol–water partition coefficient (Wildman–Crippen LogP) is 9.47. The van der Waals surface area contributed by atoms with Gasteiger partial charge in [-0.3, -0.25) is 0 Å². The predicted molar refractivity (Wildman–Crippen MR) is 232 cm³/mol. The van der Waals surface area contributed by atoms with Gasteiger partial charge in [-0.2, -0.15) is 20.3 Å². The molecule has 0 fully saturated rings.